The zero-order valence-corrected chi connectivity index (χ0v) is 15.8. The molecule has 0 bridgehead atoms. The second kappa shape index (κ2) is 8.70. The Hall–Kier alpha value is -3.14. The van der Waals surface area contributed by atoms with Gasteiger partial charge in [-0.25, -0.2) is 0 Å². The lowest BCUT2D eigenvalue weighted by molar-refractivity contribution is -0.134. The molecule has 1 aliphatic rings. The third kappa shape index (κ3) is 4.39. The highest BCUT2D eigenvalue weighted by Crippen LogP contribution is 2.31. The minimum atomic E-state index is 0.0154. The maximum absolute atomic E-state index is 12.8. The van der Waals surface area contributed by atoms with Gasteiger partial charge in [-0.2, -0.15) is 0 Å². The van der Waals surface area contributed by atoms with Gasteiger partial charge in [0, 0.05) is 18.7 Å². The largest absolute Gasteiger partial charge is 0.484 e. The molecule has 4 nitrogen and oxygen atoms in total. The average molecular weight is 372 g/mol. The van der Waals surface area contributed by atoms with Crippen LogP contribution in [0.2, 0.25) is 0 Å². The third-order valence-electron chi connectivity index (χ3n) is 5.08. The van der Waals surface area contributed by atoms with Crippen LogP contribution in [0.25, 0.3) is 0 Å². The first-order chi connectivity index (χ1) is 13.8. The molecule has 0 radical (unpaired) electrons. The zero-order chi connectivity index (χ0) is 19.2. The molecule has 1 amide bonds. The van der Waals surface area contributed by atoms with E-state index in [1.54, 1.807) is 0 Å². The predicted octanol–water partition coefficient (Wildman–Crippen LogP) is 4.41. The molecular formula is C24H24N2O2. The smallest absolute Gasteiger partial charge is 0.261 e. The van der Waals surface area contributed by atoms with Crippen molar-refractivity contribution in [2.24, 2.45) is 0 Å². The van der Waals surface area contributed by atoms with Crippen molar-refractivity contribution in [3.8, 4) is 5.75 Å². The average Bonchev–Trinajstić information content (AvgIpc) is 3.24. The number of nitrogens with zero attached hydrogens (tertiary/aromatic N) is 2. The van der Waals surface area contributed by atoms with Gasteiger partial charge in [0.2, 0.25) is 0 Å². The molecule has 28 heavy (non-hydrogen) atoms. The summed E-state index contributed by atoms with van der Waals surface area (Å²) in [5.74, 6) is 0.733. The van der Waals surface area contributed by atoms with Crippen molar-refractivity contribution in [2.75, 3.05) is 13.2 Å². The molecule has 1 saturated heterocycles. The maximum atomic E-state index is 12.8. The molecule has 2 heterocycles. The van der Waals surface area contributed by atoms with Crippen LogP contribution in [-0.4, -0.2) is 28.9 Å². The van der Waals surface area contributed by atoms with Crippen LogP contribution in [0.3, 0.4) is 0 Å². The highest BCUT2D eigenvalue weighted by molar-refractivity contribution is 5.78. The fourth-order valence-corrected chi connectivity index (χ4v) is 3.70. The standard InChI is InChI=1S/C24H24N2O2/c27-24(18-28-21-12-5-2-6-13-21)26-16-8-15-23(26)22-14-7-11-20(25-22)17-19-9-3-1-4-10-19/h1-7,9-14,23H,8,15-18H2/t23-/m0/s1. The number of hydrogen-bond donors (Lipinski definition) is 0. The SMILES string of the molecule is O=C(COc1ccccc1)N1CCC[C@H]1c1cccc(Cc2ccccc2)n1. The van der Waals surface area contributed by atoms with Crippen LogP contribution in [0.5, 0.6) is 5.75 Å². The second-order valence-electron chi connectivity index (χ2n) is 7.06. The number of carbonyl (C=O) groups excluding carboxylic acids is 1. The van der Waals surface area contributed by atoms with Crippen LogP contribution in [-0.2, 0) is 11.2 Å². The molecule has 2 aromatic carbocycles. The Morgan fingerprint density at radius 2 is 1.71 bits per heavy atom. The number of aromatic nitrogens is 1. The monoisotopic (exact) mass is 372 g/mol. The summed E-state index contributed by atoms with van der Waals surface area (Å²) in [7, 11) is 0. The lowest BCUT2D eigenvalue weighted by atomic mass is 10.1. The minimum absolute atomic E-state index is 0.0154. The number of benzene rings is 2. The first-order valence-corrected chi connectivity index (χ1v) is 9.77. The van der Waals surface area contributed by atoms with E-state index < -0.39 is 0 Å². The molecule has 4 heteroatoms. The van der Waals surface area contributed by atoms with Crippen molar-refractivity contribution in [1.82, 2.24) is 9.88 Å². The Morgan fingerprint density at radius 1 is 0.964 bits per heavy atom. The van der Waals surface area contributed by atoms with Crippen LogP contribution in [0.15, 0.2) is 78.9 Å². The van der Waals surface area contributed by atoms with Gasteiger partial charge in [-0.3, -0.25) is 9.78 Å². The lowest BCUT2D eigenvalue weighted by Gasteiger charge is -2.24. The van der Waals surface area contributed by atoms with Gasteiger partial charge in [0.05, 0.1) is 11.7 Å². The first kappa shape index (κ1) is 18.2. The van der Waals surface area contributed by atoms with Gasteiger partial charge in [0.15, 0.2) is 6.61 Å². The van der Waals surface area contributed by atoms with Gasteiger partial charge in [-0.1, -0.05) is 54.6 Å². The maximum Gasteiger partial charge on any atom is 0.261 e. The Kier molecular flexibility index (Phi) is 5.66. The number of pyridine rings is 1. The predicted molar refractivity (Wildman–Crippen MR) is 109 cm³/mol. The van der Waals surface area contributed by atoms with E-state index in [1.165, 1.54) is 5.56 Å². The summed E-state index contributed by atoms with van der Waals surface area (Å²) in [6.07, 6.45) is 2.73. The molecule has 1 atom stereocenters. The fraction of sp³-hybridized carbons (Fsp3) is 0.250. The quantitative estimate of drug-likeness (QED) is 0.643. The first-order valence-electron chi connectivity index (χ1n) is 9.77. The molecular weight excluding hydrogens is 348 g/mol. The summed E-state index contributed by atoms with van der Waals surface area (Å²) in [6, 6.07) is 26.0. The van der Waals surface area contributed by atoms with Crippen molar-refractivity contribution < 1.29 is 9.53 Å². The van der Waals surface area contributed by atoms with E-state index in [0.717, 1.165) is 42.9 Å². The summed E-state index contributed by atoms with van der Waals surface area (Å²) < 4.78 is 5.66. The second-order valence-corrected chi connectivity index (χ2v) is 7.06. The number of carbonyl (C=O) groups is 1. The van der Waals surface area contributed by atoms with Crippen molar-refractivity contribution >= 4 is 5.91 Å². The number of para-hydroxylation sites is 1. The van der Waals surface area contributed by atoms with E-state index in [2.05, 4.69) is 18.2 Å². The van der Waals surface area contributed by atoms with Crippen molar-refractivity contribution in [2.45, 2.75) is 25.3 Å². The van der Waals surface area contributed by atoms with Gasteiger partial charge in [-0.15, -0.1) is 0 Å². The highest BCUT2D eigenvalue weighted by Gasteiger charge is 2.31. The zero-order valence-electron chi connectivity index (χ0n) is 15.8. The summed E-state index contributed by atoms with van der Waals surface area (Å²) >= 11 is 0. The summed E-state index contributed by atoms with van der Waals surface area (Å²) in [6.45, 7) is 0.816. The number of rotatable bonds is 6. The van der Waals surface area contributed by atoms with E-state index in [0.29, 0.717) is 0 Å². The van der Waals surface area contributed by atoms with Crippen molar-refractivity contribution in [3.63, 3.8) is 0 Å². The molecule has 1 fully saturated rings. The Morgan fingerprint density at radius 3 is 2.50 bits per heavy atom. The molecule has 4 rings (SSSR count). The van der Waals surface area contributed by atoms with Crippen LogP contribution in [0, 0.1) is 0 Å². The van der Waals surface area contributed by atoms with E-state index in [-0.39, 0.29) is 18.6 Å². The van der Waals surface area contributed by atoms with Gasteiger partial charge >= 0.3 is 0 Å². The van der Waals surface area contributed by atoms with Crippen LogP contribution >= 0.6 is 0 Å². The number of amides is 1. The molecule has 1 aromatic heterocycles. The topological polar surface area (TPSA) is 42.4 Å². The van der Waals surface area contributed by atoms with Gasteiger partial charge < -0.3 is 9.64 Å². The molecule has 1 aliphatic heterocycles. The van der Waals surface area contributed by atoms with Gasteiger partial charge in [-0.05, 0) is 42.7 Å². The molecule has 142 valence electrons. The van der Waals surface area contributed by atoms with E-state index >= 15 is 0 Å². The summed E-state index contributed by atoms with van der Waals surface area (Å²) in [5.41, 5.74) is 3.24. The minimum Gasteiger partial charge on any atom is -0.484 e. The molecule has 0 unspecified atom stereocenters. The molecule has 0 aliphatic carbocycles. The van der Waals surface area contributed by atoms with Crippen LogP contribution in [0.1, 0.15) is 35.8 Å². The van der Waals surface area contributed by atoms with Crippen molar-refractivity contribution in [1.29, 1.82) is 0 Å². The Bertz CT molecular complexity index is 912. The summed E-state index contributed by atoms with van der Waals surface area (Å²) in [4.78, 5) is 19.5. The molecule has 0 spiro atoms. The third-order valence-corrected chi connectivity index (χ3v) is 5.08. The van der Waals surface area contributed by atoms with E-state index in [4.69, 9.17) is 9.72 Å². The summed E-state index contributed by atoms with van der Waals surface area (Å²) in [5, 5.41) is 0. The van der Waals surface area contributed by atoms with Crippen LogP contribution < -0.4 is 4.74 Å². The highest BCUT2D eigenvalue weighted by atomic mass is 16.5. The molecule has 0 N–H and O–H groups in total. The van der Waals surface area contributed by atoms with E-state index in [9.17, 15) is 4.79 Å². The fourth-order valence-electron chi connectivity index (χ4n) is 3.70. The van der Waals surface area contributed by atoms with Crippen molar-refractivity contribution in [3.05, 3.63) is 95.8 Å². The van der Waals surface area contributed by atoms with Crippen LogP contribution in [0.4, 0.5) is 0 Å². The molecule has 3 aromatic rings. The number of ether oxygens (including phenoxy) is 1. The Balaban J connectivity index is 1.44. The lowest BCUT2D eigenvalue weighted by Crippen LogP contribution is -2.34. The van der Waals surface area contributed by atoms with E-state index in [1.807, 2.05) is 65.6 Å². The Labute approximate surface area is 165 Å². The molecule has 0 saturated carbocycles. The van der Waals surface area contributed by atoms with Gasteiger partial charge in [0.1, 0.15) is 5.75 Å². The number of hydrogen-bond acceptors (Lipinski definition) is 3. The van der Waals surface area contributed by atoms with Gasteiger partial charge in [0.25, 0.3) is 5.91 Å². The number of likely N-dealkylation sites (tertiary alicyclic amines) is 1. The normalized spacial score (nSPS) is 16.1.